The van der Waals surface area contributed by atoms with Gasteiger partial charge in [0, 0.05) is 12.0 Å². The van der Waals surface area contributed by atoms with Gasteiger partial charge >= 0.3 is 5.97 Å². The van der Waals surface area contributed by atoms with Gasteiger partial charge in [0.25, 0.3) is 0 Å². The van der Waals surface area contributed by atoms with Crippen LogP contribution in [0.1, 0.15) is 57.2 Å². The molecule has 0 aromatic carbocycles. The monoisotopic (exact) mass is 267 g/mol. The van der Waals surface area contributed by atoms with E-state index in [1.807, 2.05) is 13.8 Å². The minimum atomic E-state index is -0.687. The molecule has 0 bridgehead atoms. The molecule has 1 aliphatic rings. The lowest BCUT2D eigenvalue weighted by Gasteiger charge is -2.26. The Hall–Kier alpha value is -1.43. The molecule has 2 N–H and O–H groups in total. The molecule has 106 valence electrons. The predicted octanol–water partition coefficient (Wildman–Crippen LogP) is 1.93. The molecule has 6 nitrogen and oxygen atoms in total. The summed E-state index contributed by atoms with van der Waals surface area (Å²) < 4.78 is 5.13. The Morgan fingerprint density at radius 2 is 2.32 bits per heavy atom. The van der Waals surface area contributed by atoms with Gasteiger partial charge in [-0.2, -0.15) is 4.98 Å². The summed E-state index contributed by atoms with van der Waals surface area (Å²) >= 11 is 0. The normalized spacial score (nSPS) is 23.7. The molecule has 6 heteroatoms. The highest BCUT2D eigenvalue weighted by Gasteiger charge is 2.26. The van der Waals surface area contributed by atoms with Crippen LogP contribution in [0, 0.1) is 5.92 Å². The number of aromatic nitrogens is 2. The van der Waals surface area contributed by atoms with Crippen molar-refractivity contribution in [2.75, 3.05) is 0 Å². The Balaban J connectivity index is 1.82. The van der Waals surface area contributed by atoms with E-state index < -0.39 is 5.97 Å². The maximum Gasteiger partial charge on any atom is 0.306 e. The summed E-state index contributed by atoms with van der Waals surface area (Å²) in [5, 5.41) is 16.3. The van der Waals surface area contributed by atoms with Gasteiger partial charge in [0.1, 0.15) is 0 Å². The highest BCUT2D eigenvalue weighted by atomic mass is 16.5. The van der Waals surface area contributed by atoms with Gasteiger partial charge in [-0.05, 0) is 19.3 Å². The van der Waals surface area contributed by atoms with E-state index in [0.29, 0.717) is 24.7 Å². The van der Waals surface area contributed by atoms with E-state index in [4.69, 9.17) is 9.63 Å². The number of aliphatic carboxylic acids is 1. The average Bonchev–Trinajstić information content (AvgIpc) is 2.85. The zero-order valence-electron chi connectivity index (χ0n) is 11.4. The SMILES string of the molecule is CC(C)c1nc(CNC2CCCC(C(=O)O)C2)no1. The fourth-order valence-electron chi connectivity index (χ4n) is 2.41. The first kappa shape index (κ1) is 14.0. The Morgan fingerprint density at radius 1 is 1.53 bits per heavy atom. The third kappa shape index (κ3) is 3.76. The van der Waals surface area contributed by atoms with E-state index in [2.05, 4.69) is 15.5 Å². The van der Waals surface area contributed by atoms with Crippen LogP contribution in [0.15, 0.2) is 4.52 Å². The van der Waals surface area contributed by atoms with Gasteiger partial charge in [-0.1, -0.05) is 25.4 Å². The van der Waals surface area contributed by atoms with Crippen LogP contribution < -0.4 is 5.32 Å². The number of rotatable bonds is 5. The zero-order chi connectivity index (χ0) is 13.8. The second-order valence-corrected chi connectivity index (χ2v) is 5.48. The molecule has 1 aromatic heterocycles. The molecule has 0 spiro atoms. The van der Waals surface area contributed by atoms with Crippen molar-refractivity contribution in [1.29, 1.82) is 0 Å². The quantitative estimate of drug-likeness (QED) is 0.847. The molecule has 1 aliphatic carbocycles. The van der Waals surface area contributed by atoms with Crippen molar-refractivity contribution in [2.24, 2.45) is 5.92 Å². The average molecular weight is 267 g/mol. The molecule has 0 saturated heterocycles. The number of carbonyl (C=O) groups is 1. The molecule has 0 radical (unpaired) electrons. The predicted molar refractivity (Wildman–Crippen MR) is 68.6 cm³/mol. The van der Waals surface area contributed by atoms with Crippen LogP contribution in [0.2, 0.25) is 0 Å². The molecule has 1 fully saturated rings. The van der Waals surface area contributed by atoms with Gasteiger partial charge in [-0.25, -0.2) is 0 Å². The highest BCUT2D eigenvalue weighted by Crippen LogP contribution is 2.24. The summed E-state index contributed by atoms with van der Waals surface area (Å²) in [7, 11) is 0. The van der Waals surface area contributed by atoms with Crippen LogP contribution in [0.25, 0.3) is 0 Å². The van der Waals surface area contributed by atoms with Crippen molar-refractivity contribution >= 4 is 5.97 Å². The number of carboxylic acids is 1. The van der Waals surface area contributed by atoms with Crippen LogP contribution >= 0.6 is 0 Å². The lowest BCUT2D eigenvalue weighted by atomic mass is 9.86. The Morgan fingerprint density at radius 3 is 2.95 bits per heavy atom. The van der Waals surface area contributed by atoms with Crippen molar-refractivity contribution in [3.05, 3.63) is 11.7 Å². The third-order valence-electron chi connectivity index (χ3n) is 3.55. The molecule has 2 unspecified atom stereocenters. The van der Waals surface area contributed by atoms with E-state index in [1.165, 1.54) is 0 Å². The van der Waals surface area contributed by atoms with Crippen molar-refractivity contribution in [1.82, 2.24) is 15.5 Å². The fraction of sp³-hybridized carbons (Fsp3) is 0.769. The minimum Gasteiger partial charge on any atom is -0.481 e. The molecule has 1 saturated carbocycles. The van der Waals surface area contributed by atoms with Gasteiger partial charge in [0.05, 0.1) is 12.5 Å². The number of nitrogens with one attached hydrogen (secondary N) is 1. The molecule has 19 heavy (non-hydrogen) atoms. The van der Waals surface area contributed by atoms with E-state index in [9.17, 15) is 4.79 Å². The van der Waals surface area contributed by atoms with Gasteiger partial charge in [0.15, 0.2) is 5.82 Å². The maximum atomic E-state index is 11.0. The van der Waals surface area contributed by atoms with Gasteiger partial charge < -0.3 is 14.9 Å². The summed E-state index contributed by atoms with van der Waals surface area (Å²) in [6, 6.07) is 0.232. The van der Waals surface area contributed by atoms with Crippen LogP contribution in [-0.2, 0) is 11.3 Å². The highest BCUT2D eigenvalue weighted by molar-refractivity contribution is 5.70. The molecule has 0 aliphatic heterocycles. The topological polar surface area (TPSA) is 88.2 Å². The molecule has 2 atom stereocenters. The summed E-state index contributed by atoms with van der Waals surface area (Å²) in [5.74, 6) is 0.605. The lowest BCUT2D eigenvalue weighted by molar-refractivity contribution is -0.143. The number of hydrogen-bond acceptors (Lipinski definition) is 5. The molecular formula is C13H21N3O3. The van der Waals surface area contributed by atoms with E-state index in [0.717, 1.165) is 19.3 Å². The largest absolute Gasteiger partial charge is 0.481 e. The molecule has 1 aromatic rings. The van der Waals surface area contributed by atoms with Gasteiger partial charge in [-0.15, -0.1) is 0 Å². The Kier molecular flexibility index (Phi) is 4.52. The molecule has 0 amide bonds. The zero-order valence-corrected chi connectivity index (χ0v) is 11.4. The smallest absolute Gasteiger partial charge is 0.306 e. The summed E-state index contributed by atoms with van der Waals surface area (Å²) in [5.41, 5.74) is 0. The minimum absolute atomic E-state index is 0.220. The Labute approximate surface area is 112 Å². The second-order valence-electron chi connectivity index (χ2n) is 5.48. The molecular weight excluding hydrogens is 246 g/mol. The van der Waals surface area contributed by atoms with Crippen molar-refractivity contribution in [3.8, 4) is 0 Å². The number of carboxylic acid groups (broad SMARTS) is 1. The van der Waals surface area contributed by atoms with E-state index in [-0.39, 0.29) is 17.9 Å². The molecule has 2 rings (SSSR count). The van der Waals surface area contributed by atoms with Crippen LogP contribution in [0.4, 0.5) is 0 Å². The maximum absolute atomic E-state index is 11.0. The standard InChI is InChI=1S/C13H21N3O3/c1-8(2)12-15-11(16-19-12)7-14-10-5-3-4-9(6-10)13(17)18/h8-10,14H,3-7H2,1-2H3,(H,17,18). The first-order chi connectivity index (χ1) is 9.06. The van der Waals surface area contributed by atoms with Gasteiger partial charge in [-0.3, -0.25) is 4.79 Å². The lowest BCUT2D eigenvalue weighted by Crippen LogP contribution is -2.36. The Bertz CT molecular complexity index is 431. The van der Waals surface area contributed by atoms with Crippen LogP contribution in [-0.4, -0.2) is 27.3 Å². The second kappa shape index (κ2) is 6.14. The first-order valence-corrected chi connectivity index (χ1v) is 6.85. The summed E-state index contributed by atoms with van der Waals surface area (Å²) in [4.78, 5) is 15.3. The van der Waals surface area contributed by atoms with Crippen LogP contribution in [0.5, 0.6) is 0 Å². The summed E-state index contributed by atoms with van der Waals surface area (Å²) in [6.07, 6.45) is 3.44. The van der Waals surface area contributed by atoms with Gasteiger partial charge in [0.2, 0.25) is 5.89 Å². The first-order valence-electron chi connectivity index (χ1n) is 6.85. The van der Waals surface area contributed by atoms with Crippen molar-refractivity contribution in [2.45, 2.75) is 58.0 Å². The molecule has 1 heterocycles. The van der Waals surface area contributed by atoms with Crippen LogP contribution in [0.3, 0.4) is 0 Å². The van der Waals surface area contributed by atoms with Crippen molar-refractivity contribution in [3.63, 3.8) is 0 Å². The fourth-order valence-corrected chi connectivity index (χ4v) is 2.41. The summed E-state index contributed by atoms with van der Waals surface area (Å²) in [6.45, 7) is 4.54. The number of hydrogen-bond donors (Lipinski definition) is 2. The third-order valence-corrected chi connectivity index (χ3v) is 3.55. The van der Waals surface area contributed by atoms with E-state index >= 15 is 0 Å². The van der Waals surface area contributed by atoms with Crippen molar-refractivity contribution < 1.29 is 14.4 Å². The number of nitrogens with zero attached hydrogens (tertiary/aromatic N) is 2. The van der Waals surface area contributed by atoms with E-state index in [1.54, 1.807) is 0 Å².